The molecule has 0 atom stereocenters. The van der Waals surface area contributed by atoms with Crippen molar-refractivity contribution in [2.24, 2.45) is 7.05 Å². The second-order valence-electron chi connectivity index (χ2n) is 6.11. The van der Waals surface area contributed by atoms with Crippen LogP contribution in [0.5, 0.6) is 0 Å². The summed E-state index contributed by atoms with van der Waals surface area (Å²) in [6.07, 6.45) is 1.59. The Balaban J connectivity index is 1.66. The lowest BCUT2D eigenvalue weighted by Crippen LogP contribution is -2.16. The van der Waals surface area contributed by atoms with E-state index in [-0.39, 0.29) is 11.7 Å². The molecule has 6 nitrogen and oxygen atoms in total. The number of hydrogen-bond acceptors (Lipinski definition) is 5. The largest absolute Gasteiger partial charge is 0.321 e. The lowest BCUT2D eigenvalue weighted by Gasteiger charge is -2.09. The summed E-state index contributed by atoms with van der Waals surface area (Å²) >= 11 is 1.36. The molecule has 7 heteroatoms. The number of rotatable bonds is 4. The number of nitrogens with zero attached hydrogens (tertiary/aromatic N) is 3. The Morgan fingerprint density at radius 1 is 1.11 bits per heavy atom. The molecule has 0 saturated heterocycles. The molecule has 3 heterocycles. The van der Waals surface area contributed by atoms with E-state index in [0.29, 0.717) is 21.7 Å². The van der Waals surface area contributed by atoms with Gasteiger partial charge in [0.15, 0.2) is 5.65 Å². The maximum Gasteiger partial charge on any atom is 0.256 e. The number of anilines is 1. The molecule has 0 bridgehead atoms. The Hall–Kier alpha value is -3.32. The van der Waals surface area contributed by atoms with Crippen molar-refractivity contribution < 1.29 is 9.59 Å². The number of hydrogen-bond donors (Lipinski definition) is 1. The van der Waals surface area contributed by atoms with Gasteiger partial charge in [0.2, 0.25) is 5.78 Å². The quantitative estimate of drug-likeness (QED) is 0.549. The fourth-order valence-corrected chi connectivity index (χ4v) is 3.67. The van der Waals surface area contributed by atoms with Crippen LogP contribution in [0.2, 0.25) is 0 Å². The van der Waals surface area contributed by atoms with Crippen LogP contribution in [0.25, 0.3) is 11.0 Å². The van der Waals surface area contributed by atoms with Crippen LogP contribution < -0.4 is 5.32 Å². The normalized spacial score (nSPS) is 10.9. The third-order valence-electron chi connectivity index (χ3n) is 4.28. The number of pyridine rings is 1. The van der Waals surface area contributed by atoms with E-state index < -0.39 is 0 Å². The van der Waals surface area contributed by atoms with Crippen LogP contribution in [-0.2, 0) is 7.05 Å². The van der Waals surface area contributed by atoms with E-state index in [0.717, 1.165) is 16.7 Å². The Kier molecular flexibility index (Phi) is 4.29. The van der Waals surface area contributed by atoms with Gasteiger partial charge in [-0.3, -0.25) is 14.3 Å². The van der Waals surface area contributed by atoms with E-state index >= 15 is 0 Å². The number of benzene rings is 1. The first kappa shape index (κ1) is 17.1. The van der Waals surface area contributed by atoms with E-state index in [1.165, 1.54) is 11.3 Å². The molecule has 4 aromatic rings. The number of aromatic nitrogens is 3. The highest BCUT2D eigenvalue weighted by Crippen LogP contribution is 2.22. The Labute approximate surface area is 159 Å². The summed E-state index contributed by atoms with van der Waals surface area (Å²) in [5, 5.41) is 9.89. The van der Waals surface area contributed by atoms with Crippen molar-refractivity contribution in [1.29, 1.82) is 0 Å². The van der Waals surface area contributed by atoms with Gasteiger partial charge in [0.25, 0.3) is 5.91 Å². The van der Waals surface area contributed by atoms with Gasteiger partial charge in [0.1, 0.15) is 0 Å². The van der Waals surface area contributed by atoms with Gasteiger partial charge in [-0.15, -0.1) is 11.3 Å². The third-order valence-corrected chi connectivity index (χ3v) is 5.15. The zero-order chi connectivity index (χ0) is 19.0. The standard InChI is InChI=1S/C20H16N4O2S/c1-12-16-10-13(11-21-19(16)24(2)23-12)22-20(26)15-7-4-3-6-14(15)18(25)17-8-5-9-27-17/h3-11H,1-2H3,(H,22,26). The Morgan fingerprint density at radius 2 is 1.89 bits per heavy atom. The highest BCUT2D eigenvalue weighted by atomic mass is 32.1. The Bertz CT molecular complexity index is 1160. The van der Waals surface area contributed by atoms with Crippen molar-refractivity contribution in [3.8, 4) is 0 Å². The molecule has 0 aliphatic rings. The van der Waals surface area contributed by atoms with Gasteiger partial charge in [-0.05, 0) is 30.5 Å². The lowest BCUT2D eigenvalue weighted by atomic mass is 10.0. The SMILES string of the molecule is Cc1nn(C)c2ncc(NC(=O)c3ccccc3C(=O)c3cccs3)cc12. The molecule has 0 unspecified atom stereocenters. The average Bonchev–Trinajstić information content (AvgIpc) is 3.30. The molecule has 0 fully saturated rings. The number of ketones is 1. The van der Waals surface area contributed by atoms with Gasteiger partial charge >= 0.3 is 0 Å². The summed E-state index contributed by atoms with van der Waals surface area (Å²) in [6.45, 7) is 1.89. The summed E-state index contributed by atoms with van der Waals surface area (Å²) in [7, 11) is 1.83. The zero-order valence-corrected chi connectivity index (χ0v) is 15.6. The second kappa shape index (κ2) is 6.77. The zero-order valence-electron chi connectivity index (χ0n) is 14.8. The van der Waals surface area contributed by atoms with Gasteiger partial charge < -0.3 is 5.32 Å². The molecule has 0 spiro atoms. The molecule has 0 saturated carbocycles. The predicted octanol–water partition coefficient (Wildman–Crippen LogP) is 3.82. The summed E-state index contributed by atoms with van der Waals surface area (Å²) < 4.78 is 1.70. The summed E-state index contributed by atoms with van der Waals surface area (Å²) in [6, 6.07) is 12.2. The molecule has 4 rings (SSSR count). The number of fused-ring (bicyclic) bond motifs is 1. The van der Waals surface area contributed by atoms with E-state index in [2.05, 4.69) is 15.4 Å². The minimum absolute atomic E-state index is 0.160. The molecule has 0 aliphatic heterocycles. The first-order valence-electron chi connectivity index (χ1n) is 8.32. The molecular formula is C20H16N4O2S. The van der Waals surface area contributed by atoms with Gasteiger partial charge in [0.05, 0.1) is 28.0 Å². The maximum absolute atomic E-state index is 12.8. The predicted molar refractivity (Wildman–Crippen MR) is 105 cm³/mol. The molecular weight excluding hydrogens is 360 g/mol. The third kappa shape index (κ3) is 3.13. The first-order valence-corrected chi connectivity index (χ1v) is 9.20. The van der Waals surface area contributed by atoms with Gasteiger partial charge in [0, 0.05) is 18.0 Å². The van der Waals surface area contributed by atoms with Crippen LogP contribution >= 0.6 is 11.3 Å². The van der Waals surface area contributed by atoms with Crippen molar-refractivity contribution in [1.82, 2.24) is 14.8 Å². The van der Waals surface area contributed by atoms with Crippen LogP contribution in [-0.4, -0.2) is 26.5 Å². The molecule has 0 radical (unpaired) electrons. The highest BCUT2D eigenvalue weighted by molar-refractivity contribution is 7.12. The molecule has 134 valence electrons. The van der Waals surface area contributed by atoms with Crippen molar-refractivity contribution in [2.75, 3.05) is 5.32 Å². The highest BCUT2D eigenvalue weighted by Gasteiger charge is 2.19. The average molecular weight is 376 g/mol. The van der Waals surface area contributed by atoms with Crippen molar-refractivity contribution in [2.45, 2.75) is 6.92 Å². The number of thiophene rings is 1. The van der Waals surface area contributed by atoms with E-state index in [4.69, 9.17) is 0 Å². The summed E-state index contributed by atoms with van der Waals surface area (Å²) in [4.78, 5) is 30.5. The first-order chi connectivity index (χ1) is 13.0. The monoisotopic (exact) mass is 376 g/mol. The molecule has 1 N–H and O–H groups in total. The molecule has 1 amide bonds. The molecule has 0 aliphatic carbocycles. The smallest absolute Gasteiger partial charge is 0.256 e. The minimum atomic E-state index is -0.349. The van der Waals surface area contributed by atoms with Crippen LogP contribution in [0.15, 0.2) is 54.0 Å². The summed E-state index contributed by atoms with van der Waals surface area (Å²) in [5.41, 5.74) is 2.85. The van der Waals surface area contributed by atoms with E-state index in [1.54, 1.807) is 41.2 Å². The van der Waals surface area contributed by atoms with Gasteiger partial charge in [-0.1, -0.05) is 24.3 Å². The number of nitrogens with one attached hydrogen (secondary N) is 1. The minimum Gasteiger partial charge on any atom is -0.321 e. The fourth-order valence-electron chi connectivity index (χ4n) is 2.99. The number of amides is 1. The van der Waals surface area contributed by atoms with Crippen LogP contribution in [0, 0.1) is 6.92 Å². The summed E-state index contributed by atoms with van der Waals surface area (Å²) in [5.74, 6) is -0.509. The van der Waals surface area contributed by atoms with Gasteiger partial charge in [-0.25, -0.2) is 4.98 Å². The van der Waals surface area contributed by atoms with E-state index in [1.807, 2.05) is 31.5 Å². The van der Waals surface area contributed by atoms with Crippen LogP contribution in [0.4, 0.5) is 5.69 Å². The lowest BCUT2D eigenvalue weighted by molar-refractivity contribution is 0.0998. The molecule has 1 aromatic carbocycles. The molecule has 27 heavy (non-hydrogen) atoms. The van der Waals surface area contributed by atoms with Crippen LogP contribution in [0.1, 0.15) is 31.3 Å². The number of carbonyl (C=O) groups excluding carboxylic acids is 2. The van der Waals surface area contributed by atoms with Gasteiger partial charge in [-0.2, -0.15) is 5.10 Å². The Morgan fingerprint density at radius 3 is 2.63 bits per heavy atom. The second-order valence-corrected chi connectivity index (χ2v) is 7.06. The number of carbonyl (C=O) groups is 2. The van der Waals surface area contributed by atoms with Crippen LogP contribution in [0.3, 0.4) is 0 Å². The van der Waals surface area contributed by atoms with Crippen molar-refractivity contribution in [3.63, 3.8) is 0 Å². The topological polar surface area (TPSA) is 76.9 Å². The number of aryl methyl sites for hydroxylation is 2. The fraction of sp³-hybridized carbons (Fsp3) is 0.100. The van der Waals surface area contributed by atoms with Crippen molar-refractivity contribution in [3.05, 3.63) is 75.7 Å². The molecule has 3 aromatic heterocycles. The van der Waals surface area contributed by atoms with E-state index in [9.17, 15) is 9.59 Å². The van der Waals surface area contributed by atoms with Crippen molar-refractivity contribution >= 4 is 39.7 Å². The maximum atomic E-state index is 12.8.